The highest BCUT2D eigenvalue weighted by Crippen LogP contribution is 2.30. The number of ether oxygens (including phenoxy) is 4. The van der Waals surface area contributed by atoms with Crippen LogP contribution in [-0.4, -0.2) is 145 Å². The Morgan fingerprint density at radius 1 is 0.887 bits per heavy atom. The number of benzene rings is 2. The Labute approximate surface area is 422 Å². The summed E-state index contributed by atoms with van der Waals surface area (Å²) in [5.41, 5.74) is 4.89. The average Bonchev–Trinajstić information content (AvgIpc) is 3.95. The predicted octanol–water partition coefficient (Wildman–Crippen LogP) is 6.12. The van der Waals surface area contributed by atoms with Crippen LogP contribution in [0.15, 0.2) is 66.3 Å². The molecule has 5 N–H and O–H groups in total. The number of aromatic nitrogens is 3. The van der Waals surface area contributed by atoms with Gasteiger partial charge in [-0.1, -0.05) is 51.5 Å². The van der Waals surface area contributed by atoms with Crippen LogP contribution in [0.3, 0.4) is 0 Å². The fraction of sp³-hybridized carbons (Fsp3) is 0.558. The van der Waals surface area contributed by atoms with Crippen molar-refractivity contribution in [2.75, 3.05) is 83.6 Å². The van der Waals surface area contributed by atoms with E-state index in [1.165, 1.54) is 4.90 Å². The number of aryl methyl sites for hydroxylation is 1. The number of carbonyl (C=O) groups excluding carboxylic acids is 4. The average molecular weight is 1000 g/mol. The van der Waals surface area contributed by atoms with Crippen molar-refractivity contribution in [2.45, 2.75) is 104 Å². The van der Waals surface area contributed by atoms with E-state index in [0.29, 0.717) is 70.9 Å². The number of nitrogens with one attached hydrogen (secondary N) is 4. The number of β-amino-alcohol motifs (C(OH)–C–C–N with tert-alkyl or cyclic N) is 1. The van der Waals surface area contributed by atoms with Crippen LogP contribution in [0.4, 0.5) is 17.5 Å². The maximum Gasteiger partial charge on any atom is 0.246 e. The smallest absolute Gasteiger partial charge is 0.246 e. The van der Waals surface area contributed by atoms with Crippen molar-refractivity contribution >= 4 is 52.4 Å². The minimum Gasteiger partial charge on any atom is -0.494 e. The van der Waals surface area contributed by atoms with Gasteiger partial charge >= 0.3 is 0 Å². The van der Waals surface area contributed by atoms with Crippen molar-refractivity contribution in [3.8, 4) is 16.2 Å². The Morgan fingerprint density at radius 3 is 2.24 bits per heavy atom. The van der Waals surface area contributed by atoms with Gasteiger partial charge < -0.3 is 55.1 Å². The minimum absolute atomic E-state index is 0.00252. The first-order chi connectivity index (χ1) is 34.2. The quantitative estimate of drug-likeness (QED) is 0.0388. The molecule has 2 aromatic carbocycles. The number of amides is 4. The number of hydrogen-bond acceptors (Lipinski definition) is 15. The van der Waals surface area contributed by atoms with Crippen LogP contribution in [0, 0.1) is 18.3 Å². The fourth-order valence-corrected chi connectivity index (χ4v) is 8.90. The van der Waals surface area contributed by atoms with Gasteiger partial charge in [-0.2, -0.15) is 4.98 Å². The first kappa shape index (κ1) is 54.6. The molecule has 0 bridgehead atoms. The van der Waals surface area contributed by atoms with Gasteiger partial charge in [-0.25, -0.2) is 9.97 Å². The highest BCUT2D eigenvalue weighted by Gasteiger charge is 2.44. The molecule has 3 heterocycles. The Bertz CT molecular complexity index is 2290. The second-order valence-electron chi connectivity index (χ2n) is 19.2. The van der Waals surface area contributed by atoms with E-state index in [0.717, 1.165) is 71.7 Å². The van der Waals surface area contributed by atoms with Gasteiger partial charge in [0, 0.05) is 96.9 Å². The molecule has 1 saturated heterocycles. The van der Waals surface area contributed by atoms with Gasteiger partial charge in [-0.05, 0) is 85.9 Å². The summed E-state index contributed by atoms with van der Waals surface area (Å²) in [6, 6.07) is 15.5. The van der Waals surface area contributed by atoms with Crippen molar-refractivity contribution in [2.24, 2.45) is 11.3 Å². The molecule has 3 atom stereocenters. The summed E-state index contributed by atoms with van der Waals surface area (Å²) in [6.45, 7) is 11.9. The second kappa shape index (κ2) is 27.8. The molecular weight excluding hydrogens is 927 g/mol. The van der Waals surface area contributed by atoms with Crippen LogP contribution in [0.2, 0.25) is 0 Å². The first-order valence-corrected chi connectivity index (χ1v) is 25.7. The number of aliphatic hydroxyl groups is 1. The standard InChI is InChI=1S/C52H73N9O9S/c1-36-46(71-35-56-36)38-15-13-37(14-16-38)32-55-48(64)43-31-41(62)33-61(43)50(66)47(52(2,3)4)59-45(63)34-69-29-9-27-67-25-6-7-26-68-28-10-30-70-42-19-17-40(18-20-42)57-51-54-22-21-44(58-51)53-23-24-60(5)49(65)39-11-8-12-39/h13-22,35,39,41,43,47,62H,6-12,23-34H2,1-5H3,(H,55,64)(H,59,63)(H2,53,54,57,58)/t41-,43+,47-/m1/s1. The van der Waals surface area contributed by atoms with Gasteiger partial charge in [0.15, 0.2) is 0 Å². The number of carbonyl (C=O) groups is 4. The highest BCUT2D eigenvalue weighted by molar-refractivity contribution is 7.13. The number of anilines is 3. The van der Waals surface area contributed by atoms with Gasteiger partial charge in [-0.15, -0.1) is 11.3 Å². The lowest BCUT2D eigenvalue weighted by Crippen LogP contribution is -2.58. The molecular formula is C52H73N9O9S. The molecule has 19 heteroatoms. The summed E-state index contributed by atoms with van der Waals surface area (Å²) in [4.78, 5) is 70.1. The van der Waals surface area contributed by atoms with E-state index >= 15 is 0 Å². The molecule has 6 rings (SSSR count). The molecule has 386 valence electrons. The summed E-state index contributed by atoms with van der Waals surface area (Å²) in [5.74, 6) is 1.10. The number of nitrogens with zero attached hydrogens (tertiary/aromatic N) is 5. The molecule has 4 aromatic rings. The Hall–Kier alpha value is -5.73. The Balaban J connectivity index is 0.762. The minimum atomic E-state index is -0.939. The number of thiazole rings is 1. The maximum absolute atomic E-state index is 13.9. The fourth-order valence-electron chi connectivity index (χ4n) is 8.08. The summed E-state index contributed by atoms with van der Waals surface area (Å²) < 4.78 is 23.0. The van der Waals surface area contributed by atoms with Crippen LogP contribution >= 0.6 is 11.3 Å². The first-order valence-electron chi connectivity index (χ1n) is 24.8. The van der Waals surface area contributed by atoms with Crippen LogP contribution < -0.4 is 26.0 Å². The van der Waals surface area contributed by atoms with E-state index in [2.05, 4.69) is 36.2 Å². The molecule has 4 amide bonds. The van der Waals surface area contributed by atoms with Gasteiger partial charge in [0.1, 0.15) is 30.3 Å². The van der Waals surface area contributed by atoms with Crippen LogP contribution in [-0.2, 0) is 39.9 Å². The molecule has 1 saturated carbocycles. The molecule has 1 aliphatic carbocycles. The number of unbranched alkanes of at least 4 members (excludes halogenated alkanes) is 1. The molecule has 18 nitrogen and oxygen atoms in total. The Kier molecular flexibility index (Phi) is 21.3. The molecule has 2 fully saturated rings. The van der Waals surface area contributed by atoms with E-state index in [4.69, 9.17) is 18.9 Å². The van der Waals surface area contributed by atoms with Gasteiger partial charge in [0.2, 0.25) is 29.6 Å². The molecule has 2 aliphatic rings. The van der Waals surface area contributed by atoms with Crippen molar-refractivity contribution < 1.29 is 43.2 Å². The van der Waals surface area contributed by atoms with E-state index in [-0.39, 0.29) is 43.8 Å². The van der Waals surface area contributed by atoms with Gasteiger partial charge in [-0.3, -0.25) is 19.2 Å². The molecule has 2 aromatic heterocycles. The molecule has 71 heavy (non-hydrogen) atoms. The lowest BCUT2D eigenvalue weighted by molar-refractivity contribution is -0.144. The predicted molar refractivity (Wildman–Crippen MR) is 273 cm³/mol. The zero-order chi connectivity index (χ0) is 50.6. The van der Waals surface area contributed by atoms with E-state index < -0.39 is 35.4 Å². The zero-order valence-corrected chi connectivity index (χ0v) is 42.8. The molecule has 0 radical (unpaired) electrons. The number of hydrogen-bond donors (Lipinski definition) is 5. The largest absolute Gasteiger partial charge is 0.494 e. The highest BCUT2D eigenvalue weighted by atomic mass is 32.1. The zero-order valence-electron chi connectivity index (χ0n) is 42.0. The summed E-state index contributed by atoms with van der Waals surface area (Å²) >= 11 is 1.58. The third-order valence-electron chi connectivity index (χ3n) is 12.4. The summed E-state index contributed by atoms with van der Waals surface area (Å²) in [7, 11) is 1.85. The number of rotatable bonds is 29. The van der Waals surface area contributed by atoms with Crippen molar-refractivity contribution in [3.63, 3.8) is 0 Å². The van der Waals surface area contributed by atoms with E-state index in [9.17, 15) is 24.3 Å². The van der Waals surface area contributed by atoms with E-state index in [1.807, 2.05) is 88.8 Å². The van der Waals surface area contributed by atoms with Crippen LogP contribution in [0.1, 0.15) is 83.4 Å². The van der Waals surface area contributed by atoms with Crippen molar-refractivity contribution in [3.05, 3.63) is 77.6 Å². The third-order valence-corrected chi connectivity index (χ3v) is 13.4. The lowest BCUT2D eigenvalue weighted by atomic mass is 9.84. The third kappa shape index (κ3) is 17.5. The molecule has 1 aliphatic heterocycles. The Morgan fingerprint density at radius 2 is 1.58 bits per heavy atom. The topological polar surface area (TPSA) is 219 Å². The van der Waals surface area contributed by atoms with Crippen molar-refractivity contribution in [1.82, 2.24) is 35.4 Å². The molecule has 0 unspecified atom stereocenters. The normalized spacial score (nSPS) is 16.2. The van der Waals surface area contributed by atoms with Crippen LogP contribution in [0.25, 0.3) is 10.4 Å². The van der Waals surface area contributed by atoms with Crippen molar-refractivity contribution in [1.29, 1.82) is 0 Å². The van der Waals surface area contributed by atoms with E-state index in [1.54, 1.807) is 28.5 Å². The molecule has 0 spiro atoms. The SMILES string of the molecule is Cc1ncsc1-c1ccc(CNC(=O)[C@@H]2C[C@@H](O)CN2C(=O)[C@@H](NC(=O)COCCCOCCCCOCCCOc2ccc(Nc3nccc(NCCN(C)C(=O)C4CCC4)n3)cc2)C(C)(C)C)cc1. The van der Waals surface area contributed by atoms with Crippen LogP contribution in [0.5, 0.6) is 5.75 Å². The van der Waals surface area contributed by atoms with Gasteiger partial charge in [0.05, 0.1) is 28.8 Å². The number of likely N-dealkylation sites (N-methyl/N-ethyl adjacent to an activating group) is 1. The van der Waals surface area contributed by atoms with Gasteiger partial charge in [0.25, 0.3) is 0 Å². The number of aliphatic hydroxyl groups excluding tert-OH is 1. The number of likely N-dealkylation sites (tertiary alicyclic amines) is 1. The summed E-state index contributed by atoms with van der Waals surface area (Å²) in [5, 5.41) is 22.8. The maximum atomic E-state index is 13.9. The second-order valence-corrected chi connectivity index (χ2v) is 20.1. The monoisotopic (exact) mass is 1000 g/mol. The summed E-state index contributed by atoms with van der Waals surface area (Å²) in [6.07, 6.45) is 7.17. The lowest BCUT2D eigenvalue weighted by Gasteiger charge is -2.35.